The average molecular weight is 1160 g/mol. The molecule has 87 heavy (non-hydrogen) atoms. The normalized spacial score (nSPS) is 13.6. The van der Waals surface area contributed by atoms with Gasteiger partial charge in [0, 0.05) is 28.1 Å². The number of aliphatic carboxylic acids is 1. The van der Waals surface area contributed by atoms with Crippen molar-refractivity contribution in [3.8, 4) is 68.3 Å². The van der Waals surface area contributed by atoms with Crippen LogP contribution in [0.5, 0.6) is 23.0 Å². The van der Waals surface area contributed by atoms with Gasteiger partial charge in [-0.1, -0.05) is 188 Å². The fourth-order valence-electron chi connectivity index (χ4n) is 12.7. The van der Waals surface area contributed by atoms with Crippen molar-refractivity contribution in [3.63, 3.8) is 0 Å². The molecule has 4 unspecified atom stereocenters. The standard InChI is InChI=1S/C76H79N5O6/c1-4-5-6-7-9-12-23-54(3)63(24-13-10-8-11-22-51-85-52-82)64(76(83)84)50-33-53(2)55-34-36-56(37-35-55)57-38-40-58(41-39-57)73-77-74(59-42-46-61(47-43-59)80-65-25-14-18-29-69(65)86-70-30-19-15-26-66(70)80)79-75(78-73)60-44-48-62(49-45-60)81-67-27-16-20-31-71(67)87-72-32-21-17-28-68(72)81/h14-21,25-32,34-49,52-54,63-64H,4-13,22-24,33,50-51H2,1-3H3,(H,83,84). The summed E-state index contributed by atoms with van der Waals surface area (Å²) in [6, 6.07) is 66.3. The summed E-state index contributed by atoms with van der Waals surface area (Å²) in [5.74, 6) is 4.48. The van der Waals surface area contributed by atoms with Gasteiger partial charge in [-0.25, -0.2) is 15.0 Å². The van der Waals surface area contributed by atoms with Crippen LogP contribution in [0.15, 0.2) is 194 Å². The van der Waals surface area contributed by atoms with Crippen molar-refractivity contribution in [2.24, 2.45) is 17.8 Å². The van der Waals surface area contributed by atoms with Gasteiger partial charge in [-0.15, -0.1) is 0 Å². The maximum atomic E-state index is 13.1. The van der Waals surface area contributed by atoms with E-state index in [0.717, 1.165) is 143 Å². The highest BCUT2D eigenvalue weighted by atomic mass is 16.5. The molecule has 1 N–H and O–H groups in total. The first-order chi connectivity index (χ1) is 42.7. The summed E-state index contributed by atoms with van der Waals surface area (Å²) in [4.78, 5) is 43.7. The predicted octanol–water partition coefficient (Wildman–Crippen LogP) is 20.8. The van der Waals surface area contributed by atoms with Crippen molar-refractivity contribution in [2.75, 3.05) is 16.4 Å². The highest BCUT2D eigenvalue weighted by Crippen LogP contribution is 2.52. The second-order valence-electron chi connectivity index (χ2n) is 23.5. The van der Waals surface area contributed by atoms with Crippen LogP contribution in [0.3, 0.4) is 0 Å². The summed E-state index contributed by atoms with van der Waals surface area (Å²) in [5, 5.41) is 10.8. The number of hydrogen-bond acceptors (Lipinski definition) is 10. The zero-order valence-electron chi connectivity index (χ0n) is 50.4. The van der Waals surface area contributed by atoms with E-state index in [1.165, 1.54) is 37.7 Å². The van der Waals surface area contributed by atoms with Crippen LogP contribution < -0.4 is 19.3 Å². The van der Waals surface area contributed by atoms with Crippen molar-refractivity contribution in [1.82, 2.24) is 15.0 Å². The topological polar surface area (TPSA) is 127 Å². The summed E-state index contributed by atoms with van der Waals surface area (Å²) >= 11 is 0. The molecule has 0 amide bonds. The van der Waals surface area contributed by atoms with Crippen LogP contribution in [0.25, 0.3) is 45.3 Å². The number of ether oxygens (including phenoxy) is 3. The largest absolute Gasteiger partial charge is 0.481 e. The lowest BCUT2D eigenvalue weighted by Gasteiger charge is -2.32. The minimum absolute atomic E-state index is 0.140. The van der Waals surface area contributed by atoms with Crippen LogP contribution in [0, 0.1) is 17.8 Å². The van der Waals surface area contributed by atoms with Crippen LogP contribution in [0.4, 0.5) is 34.1 Å². The number of fused-ring (bicyclic) bond motifs is 4. The summed E-state index contributed by atoms with van der Waals surface area (Å²) in [6.45, 7) is 7.76. The van der Waals surface area contributed by atoms with E-state index in [1.54, 1.807) is 0 Å². The van der Waals surface area contributed by atoms with E-state index < -0.39 is 5.97 Å². The second kappa shape index (κ2) is 28.9. The molecule has 11 rings (SSSR count). The number of carbonyl (C=O) groups is 2. The third-order valence-electron chi connectivity index (χ3n) is 17.6. The van der Waals surface area contributed by atoms with Crippen LogP contribution >= 0.6 is 0 Å². The Bertz CT molecular complexity index is 3470. The number of carboxylic acid groups (broad SMARTS) is 1. The molecule has 0 fully saturated rings. The third-order valence-corrected chi connectivity index (χ3v) is 17.6. The Balaban J connectivity index is 0.825. The van der Waals surface area contributed by atoms with E-state index in [4.69, 9.17) is 29.2 Å². The molecule has 0 saturated carbocycles. The van der Waals surface area contributed by atoms with E-state index in [-0.39, 0.29) is 17.8 Å². The fraction of sp³-hybridized carbons (Fsp3) is 0.303. The van der Waals surface area contributed by atoms with Gasteiger partial charge in [-0.3, -0.25) is 9.59 Å². The first-order valence-corrected chi connectivity index (χ1v) is 31.5. The maximum absolute atomic E-state index is 13.1. The van der Waals surface area contributed by atoms with Gasteiger partial charge < -0.3 is 29.1 Å². The number of carbonyl (C=O) groups excluding carboxylic acids is 1. The number of hydrogen-bond donors (Lipinski definition) is 1. The molecule has 444 valence electrons. The lowest BCUT2D eigenvalue weighted by molar-refractivity contribution is -0.145. The Labute approximate surface area is 513 Å². The van der Waals surface area contributed by atoms with Gasteiger partial charge in [-0.2, -0.15) is 0 Å². The molecular weight excluding hydrogens is 1080 g/mol. The number of benzene rings is 8. The zero-order chi connectivity index (χ0) is 59.9. The Morgan fingerprint density at radius 3 is 1.28 bits per heavy atom. The monoisotopic (exact) mass is 1160 g/mol. The molecule has 0 radical (unpaired) electrons. The van der Waals surface area contributed by atoms with Crippen LogP contribution in [0.1, 0.15) is 129 Å². The van der Waals surface area contributed by atoms with Crippen LogP contribution in [-0.4, -0.2) is 39.1 Å². The molecule has 9 aromatic rings. The molecule has 11 heteroatoms. The van der Waals surface area contributed by atoms with Gasteiger partial charge in [0.15, 0.2) is 40.5 Å². The van der Waals surface area contributed by atoms with E-state index in [9.17, 15) is 14.7 Å². The van der Waals surface area contributed by atoms with E-state index in [0.29, 0.717) is 42.9 Å². The predicted molar refractivity (Wildman–Crippen MR) is 350 cm³/mol. The molecule has 2 aliphatic rings. The second-order valence-corrected chi connectivity index (χ2v) is 23.5. The molecular formula is C76H79N5O6. The SMILES string of the molecule is CCCCCCCCC(C)C(CCCCCCCOC=O)C(CCC(C)c1ccc(-c2ccc(-c3nc(-c4ccc(N5c6ccccc6Oc6ccccc65)cc4)nc(-c4ccc(N5c6ccccc6Oc6ccccc65)cc4)n3)cc2)cc1)C(=O)O. The van der Waals surface area contributed by atoms with Gasteiger partial charge in [0.25, 0.3) is 6.47 Å². The van der Waals surface area contributed by atoms with Gasteiger partial charge in [0.2, 0.25) is 0 Å². The minimum atomic E-state index is -0.662. The molecule has 1 aromatic heterocycles. The summed E-state index contributed by atoms with van der Waals surface area (Å²) in [7, 11) is 0. The lowest BCUT2D eigenvalue weighted by Crippen LogP contribution is -2.29. The van der Waals surface area contributed by atoms with Crippen molar-refractivity contribution >= 4 is 46.6 Å². The number of rotatable bonds is 29. The quantitative estimate of drug-likeness (QED) is 0.0356. The number of nitrogens with zero attached hydrogens (tertiary/aromatic N) is 5. The van der Waals surface area contributed by atoms with Crippen molar-refractivity contribution in [2.45, 2.75) is 123 Å². The summed E-state index contributed by atoms with van der Waals surface area (Å²) in [5.41, 5.74) is 11.7. The lowest BCUT2D eigenvalue weighted by atomic mass is 9.74. The average Bonchev–Trinajstić information content (AvgIpc) is 2.40. The Hall–Kier alpha value is -9.09. The molecule has 3 heterocycles. The van der Waals surface area contributed by atoms with Gasteiger partial charge in [0.1, 0.15) is 0 Å². The molecule has 8 aromatic carbocycles. The fourth-order valence-corrected chi connectivity index (χ4v) is 12.7. The van der Waals surface area contributed by atoms with E-state index >= 15 is 0 Å². The molecule has 11 nitrogen and oxygen atoms in total. The molecule has 0 saturated heterocycles. The Kier molecular flexibility index (Phi) is 19.8. The highest BCUT2D eigenvalue weighted by molar-refractivity contribution is 5.88. The zero-order valence-corrected chi connectivity index (χ0v) is 50.4. The van der Waals surface area contributed by atoms with Gasteiger partial charge >= 0.3 is 5.97 Å². The number of carboxylic acids is 1. The van der Waals surface area contributed by atoms with Crippen molar-refractivity contribution in [1.29, 1.82) is 0 Å². The minimum Gasteiger partial charge on any atom is -0.481 e. The van der Waals surface area contributed by atoms with Gasteiger partial charge in [-0.05, 0) is 157 Å². The summed E-state index contributed by atoms with van der Waals surface area (Å²) in [6.07, 6.45) is 15.9. The first-order valence-electron chi connectivity index (χ1n) is 31.5. The Morgan fingerprint density at radius 1 is 0.460 bits per heavy atom. The van der Waals surface area contributed by atoms with E-state index in [2.05, 4.69) is 152 Å². The van der Waals surface area contributed by atoms with Crippen molar-refractivity contribution < 1.29 is 28.9 Å². The Morgan fingerprint density at radius 2 is 0.839 bits per heavy atom. The number of unbranched alkanes of at least 4 members (excludes halogenated alkanes) is 9. The van der Waals surface area contributed by atoms with Crippen LogP contribution in [0.2, 0.25) is 0 Å². The van der Waals surface area contributed by atoms with E-state index in [1.807, 2.05) is 72.8 Å². The third kappa shape index (κ3) is 14.3. The number of aromatic nitrogens is 3. The molecule has 0 spiro atoms. The van der Waals surface area contributed by atoms with Crippen molar-refractivity contribution in [3.05, 3.63) is 200 Å². The maximum Gasteiger partial charge on any atom is 0.306 e. The highest BCUT2D eigenvalue weighted by Gasteiger charge is 2.33. The molecule has 0 aliphatic carbocycles. The number of anilines is 6. The first kappa shape index (κ1) is 59.6. The number of para-hydroxylation sites is 8. The smallest absolute Gasteiger partial charge is 0.306 e. The molecule has 4 atom stereocenters. The van der Waals surface area contributed by atoms with Crippen LogP contribution in [-0.2, 0) is 14.3 Å². The summed E-state index contributed by atoms with van der Waals surface area (Å²) < 4.78 is 17.5. The van der Waals surface area contributed by atoms with Gasteiger partial charge in [0.05, 0.1) is 35.3 Å². The molecule has 2 aliphatic heterocycles. The molecule has 0 bridgehead atoms.